The van der Waals surface area contributed by atoms with Crippen molar-refractivity contribution in [3.05, 3.63) is 0 Å². The highest BCUT2D eigenvalue weighted by molar-refractivity contribution is 5.71. The van der Waals surface area contributed by atoms with Crippen molar-refractivity contribution in [1.82, 2.24) is 0 Å². The van der Waals surface area contributed by atoms with Crippen LogP contribution in [-0.4, -0.2) is 17.6 Å². The van der Waals surface area contributed by atoms with Gasteiger partial charge in [-0.25, -0.2) is 0 Å². The predicted octanol–water partition coefficient (Wildman–Crippen LogP) is 3.55. The summed E-state index contributed by atoms with van der Waals surface area (Å²) >= 11 is 0. The number of hydrogen-bond donors (Lipinski definition) is 1. The second-order valence-electron chi connectivity index (χ2n) is 5.90. The van der Waals surface area contributed by atoms with E-state index < -0.39 is 0 Å². The molecule has 1 rings (SSSR count). The summed E-state index contributed by atoms with van der Waals surface area (Å²) in [6.45, 7) is 4.19. The van der Waals surface area contributed by atoms with Gasteiger partial charge in [0.15, 0.2) is 0 Å². The number of carbonyl (C=O) groups is 1. The van der Waals surface area contributed by atoms with Gasteiger partial charge in [0.05, 0.1) is 12.5 Å². The molecular formula is C15H29NO2. The standard InChI is InChI=1S/C15H29NO2/c1-3-4-5-6-9-13(2)18-14(17)12-15(16)10-7-8-11-15/h13H,3-12,16H2,1-2H3. The number of nitrogens with two attached hydrogens (primary N) is 1. The fourth-order valence-electron chi connectivity index (χ4n) is 2.73. The molecule has 0 amide bonds. The van der Waals surface area contributed by atoms with E-state index in [2.05, 4.69) is 6.92 Å². The van der Waals surface area contributed by atoms with Crippen LogP contribution >= 0.6 is 0 Å². The molecule has 1 saturated carbocycles. The number of esters is 1. The first-order chi connectivity index (χ1) is 8.56. The van der Waals surface area contributed by atoms with E-state index in [-0.39, 0.29) is 17.6 Å². The fourth-order valence-corrected chi connectivity index (χ4v) is 2.73. The Hall–Kier alpha value is -0.570. The molecule has 0 aliphatic heterocycles. The number of ether oxygens (including phenoxy) is 1. The van der Waals surface area contributed by atoms with Gasteiger partial charge in [-0.15, -0.1) is 0 Å². The molecule has 1 unspecified atom stereocenters. The predicted molar refractivity (Wildman–Crippen MR) is 74.3 cm³/mol. The third kappa shape index (κ3) is 5.85. The van der Waals surface area contributed by atoms with E-state index >= 15 is 0 Å². The fraction of sp³-hybridized carbons (Fsp3) is 0.933. The monoisotopic (exact) mass is 255 g/mol. The summed E-state index contributed by atoms with van der Waals surface area (Å²) in [5.41, 5.74) is 5.90. The van der Waals surface area contributed by atoms with Crippen LogP contribution in [0, 0.1) is 0 Å². The van der Waals surface area contributed by atoms with Crippen molar-refractivity contribution >= 4 is 5.97 Å². The molecule has 0 aromatic heterocycles. The molecule has 3 heteroatoms. The highest BCUT2D eigenvalue weighted by Gasteiger charge is 2.32. The third-order valence-electron chi connectivity index (χ3n) is 3.89. The van der Waals surface area contributed by atoms with Crippen LogP contribution in [0.2, 0.25) is 0 Å². The average Bonchev–Trinajstić information content (AvgIpc) is 2.70. The Morgan fingerprint density at radius 1 is 1.28 bits per heavy atom. The van der Waals surface area contributed by atoms with E-state index in [4.69, 9.17) is 10.5 Å². The molecule has 18 heavy (non-hydrogen) atoms. The lowest BCUT2D eigenvalue weighted by Crippen LogP contribution is -2.39. The second-order valence-corrected chi connectivity index (χ2v) is 5.90. The first-order valence-electron chi connectivity index (χ1n) is 7.54. The zero-order chi connectivity index (χ0) is 13.4. The van der Waals surface area contributed by atoms with Crippen molar-refractivity contribution in [1.29, 1.82) is 0 Å². The topological polar surface area (TPSA) is 52.3 Å². The van der Waals surface area contributed by atoms with Gasteiger partial charge >= 0.3 is 5.97 Å². The normalized spacial score (nSPS) is 19.7. The quantitative estimate of drug-likeness (QED) is 0.533. The molecule has 0 heterocycles. The maximum atomic E-state index is 11.8. The molecule has 0 radical (unpaired) electrons. The number of hydrogen-bond acceptors (Lipinski definition) is 3. The van der Waals surface area contributed by atoms with Crippen LogP contribution in [0.3, 0.4) is 0 Å². The van der Waals surface area contributed by atoms with Gasteiger partial charge in [-0.05, 0) is 32.6 Å². The van der Waals surface area contributed by atoms with Crippen LogP contribution < -0.4 is 5.73 Å². The molecular weight excluding hydrogens is 226 g/mol. The van der Waals surface area contributed by atoms with E-state index in [0.717, 1.165) is 38.5 Å². The summed E-state index contributed by atoms with van der Waals surface area (Å²) in [4.78, 5) is 11.8. The highest BCUT2D eigenvalue weighted by Crippen LogP contribution is 2.30. The second kappa shape index (κ2) is 7.78. The minimum atomic E-state index is -0.279. The van der Waals surface area contributed by atoms with Gasteiger partial charge < -0.3 is 10.5 Å². The molecule has 0 bridgehead atoms. The van der Waals surface area contributed by atoms with Crippen molar-refractivity contribution in [3.8, 4) is 0 Å². The van der Waals surface area contributed by atoms with Crippen molar-refractivity contribution in [2.24, 2.45) is 5.73 Å². The SMILES string of the molecule is CCCCCCC(C)OC(=O)CC1(N)CCCC1. The summed E-state index contributed by atoms with van der Waals surface area (Å²) in [5.74, 6) is -0.109. The maximum absolute atomic E-state index is 11.8. The van der Waals surface area contributed by atoms with Crippen molar-refractivity contribution in [2.45, 2.75) is 89.7 Å². The zero-order valence-electron chi connectivity index (χ0n) is 12.0. The maximum Gasteiger partial charge on any atom is 0.307 e. The van der Waals surface area contributed by atoms with Crippen LogP contribution in [0.15, 0.2) is 0 Å². The van der Waals surface area contributed by atoms with Crippen LogP contribution in [-0.2, 0) is 9.53 Å². The molecule has 2 N–H and O–H groups in total. The van der Waals surface area contributed by atoms with Gasteiger partial charge in [-0.1, -0.05) is 39.0 Å². The highest BCUT2D eigenvalue weighted by atomic mass is 16.5. The van der Waals surface area contributed by atoms with Crippen LogP contribution in [0.5, 0.6) is 0 Å². The van der Waals surface area contributed by atoms with E-state index in [1.165, 1.54) is 19.3 Å². The lowest BCUT2D eigenvalue weighted by Gasteiger charge is -2.23. The Kier molecular flexibility index (Phi) is 6.69. The molecule has 106 valence electrons. The Balaban J connectivity index is 2.14. The lowest BCUT2D eigenvalue weighted by atomic mass is 9.95. The molecule has 1 fully saturated rings. The third-order valence-corrected chi connectivity index (χ3v) is 3.89. The number of unbranched alkanes of at least 4 members (excludes halogenated alkanes) is 3. The molecule has 1 atom stereocenters. The summed E-state index contributed by atoms with van der Waals surface area (Å²) in [6, 6.07) is 0. The van der Waals surface area contributed by atoms with Gasteiger partial charge in [-0.3, -0.25) is 4.79 Å². The lowest BCUT2D eigenvalue weighted by molar-refractivity contribution is -0.150. The van der Waals surface area contributed by atoms with Crippen molar-refractivity contribution < 1.29 is 9.53 Å². The minimum absolute atomic E-state index is 0.0411. The van der Waals surface area contributed by atoms with Gasteiger partial charge in [0.1, 0.15) is 0 Å². The Morgan fingerprint density at radius 3 is 2.56 bits per heavy atom. The first kappa shape index (κ1) is 15.5. The van der Waals surface area contributed by atoms with Gasteiger partial charge in [0, 0.05) is 5.54 Å². The Bertz CT molecular complexity index is 247. The van der Waals surface area contributed by atoms with Crippen molar-refractivity contribution in [2.75, 3.05) is 0 Å². The molecule has 3 nitrogen and oxygen atoms in total. The summed E-state index contributed by atoms with van der Waals surface area (Å²) in [6.07, 6.45) is 10.5. The smallest absolute Gasteiger partial charge is 0.307 e. The van der Waals surface area contributed by atoms with E-state index in [0.29, 0.717) is 6.42 Å². The van der Waals surface area contributed by atoms with Crippen LogP contribution in [0.1, 0.15) is 78.1 Å². The molecule has 0 spiro atoms. The van der Waals surface area contributed by atoms with Gasteiger partial charge in [0.25, 0.3) is 0 Å². The van der Waals surface area contributed by atoms with Crippen LogP contribution in [0.25, 0.3) is 0 Å². The first-order valence-corrected chi connectivity index (χ1v) is 7.54. The number of carbonyl (C=O) groups excluding carboxylic acids is 1. The van der Waals surface area contributed by atoms with Gasteiger partial charge in [-0.2, -0.15) is 0 Å². The molecule has 1 aliphatic carbocycles. The number of rotatable bonds is 8. The summed E-state index contributed by atoms with van der Waals surface area (Å²) < 4.78 is 5.44. The van der Waals surface area contributed by atoms with E-state index in [1.807, 2.05) is 6.92 Å². The summed E-state index contributed by atoms with van der Waals surface area (Å²) in [5, 5.41) is 0. The zero-order valence-corrected chi connectivity index (χ0v) is 12.0. The minimum Gasteiger partial charge on any atom is -0.463 e. The van der Waals surface area contributed by atoms with E-state index in [9.17, 15) is 4.79 Å². The van der Waals surface area contributed by atoms with E-state index in [1.54, 1.807) is 0 Å². The molecule has 0 aromatic rings. The van der Waals surface area contributed by atoms with Crippen LogP contribution in [0.4, 0.5) is 0 Å². The Morgan fingerprint density at radius 2 is 1.94 bits per heavy atom. The van der Waals surface area contributed by atoms with Crippen molar-refractivity contribution in [3.63, 3.8) is 0 Å². The van der Waals surface area contributed by atoms with Gasteiger partial charge in [0.2, 0.25) is 0 Å². The largest absolute Gasteiger partial charge is 0.463 e. The molecule has 0 saturated heterocycles. The average molecular weight is 255 g/mol. The summed E-state index contributed by atoms with van der Waals surface area (Å²) in [7, 11) is 0. The molecule has 0 aromatic carbocycles. The molecule has 1 aliphatic rings. The Labute approximate surface area is 111 Å².